The van der Waals surface area contributed by atoms with Gasteiger partial charge in [-0.15, -0.1) is 11.3 Å². The number of nitrogens with one attached hydrogen (secondary N) is 1. The van der Waals surface area contributed by atoms with Crippen molar-refractivity contribution in [2.75, 3.05) is 13.6 Å². The summed E-state index contributed by atoms with van der Waals surface area (Å²) in [6.45, 7) is 2.62. The zero-order valence-electron chi connectivity index (χ0n) is 11.1. The molecule has 0 aliphatic heterocycles. The fourth-order valence-electron chi connectivity index (χ4n) is 1.49. The van der Waals surface area contributed by atoms with Crippen LogP contribution in [0.1, 0.15) is 25.5 Å². The lowest BCUT2D eigenvalue weighted by atomic mass is 10.1. The molecule has 106 valence electrons. The number of nitrogens with zero attached hydrogens (tertiary/aromatic N) is 2. The summed E-state index contributed by atoms with van der Waals surface area (Å²) in [5, 5.41) is 13.4. The normalized spacial score (nSPS) is 11.9. The van der Waals surface area contributed by atoms with Crippen molar-refractivity contribution in [2.45, 2.75) is 26.3 Å². The van der Waals surface area contributed by atoms with Gasteiger partial charge < -0.3 is 15.3 Å². The van der Waals surface area contributed by atoms with Crippen LogP contribution in [0.3, 0.4) is 0 Å². The topological polar surface area (TPSA) is 82.5 Å². The van der Waals surface area contributed by atoms with Gasteiger partial charge in [-0.25, -0.2) is 9.78 Å². The lowest BCUT2D eigenvalue weighted by Crippen LogP contribution is -2.37. The van der Waals surface area contributed by atoms with Crippen LogP contribution < -0.4 is 5.32 Å². The van der Waals surface area contributed by atoms with Crippen LogP contribution in [0.25, 0.3) is 0 Å². The number of hydrogen-bond acceptors (Lipinski definition) is 4. The van der Waals surface area contributed by atoms with Crippen molar-refractivity contribution in [3.05, 3.63) is 16.6 Å². The highest BCUT2D eigenvalue weighted by Gasteiger charge is 2.12. The van der Waals surface area contributed by atoms with Gasteiger partial charge in [0.25, 0.3) is 0 Å². The number of urea groups is 1. The number of carboxylic acids is 1. The molecule has 1 unspecified atom stereocenters. The molecule has 7 heteroatoms. The largest absolute Gasteiger partial charge is 0.481 e. The average Bonchev–Trinajstić information content (AvgIpc) is 2.86. The maximum absolute atomic E-state index is 11.7. The molecule has 1 aromatic heterocycles. The molecule has 0 aromatic carbocycles. The number of aromatic nitrogens is 1. The summed E-state index contributed by atoms with van der Waals surface area (Å²) in [6, 6.07) is -0.170. The van der Waals surface area contributed by atoms with Crippen LogP contribution >= 0.6 is 11.3 Å². The molecule has 0 aliphatic carbocycles. The van der Waals surface area contributed by atoms with E-state index >= 15 is 0 Å². The summed E-state index contributed by atoms with van der Waals surface area (Å²) in [4.78, 5) is 28.0. The van der Waals surface area contributed by atoms with Gasteiger partial charge in [0.15, 0.2) is 0 Å². The molecule has 0 radical (unpaired) electrons. The molecule has 0 saturated carbocycles. The Morgan fingerprint density at radius 3 is 2.89 bits per heavy atom. The number of amides is 2. The highest BCUT2D eigenvalue weighted by atomic mass is 32.1. The SMILES string of the molecule is CC(CCCNC(=O)N(C)Cc1cscn1)C(=O)O. The second-order valence-electron chi connectivity index (χ2n) is 4.45. The third-order valence-electron chi connectivity index (χ3n) is 2.74. The molecule has 0 fully saturated rings. The Morgan fingerprint density at radius 2 is 2.32 bits per heavy atom. The molecule has 0 saturated heterocycles. The second-order valence-corrected chi connectivity index (χ2v) is 5.17. The standard InChI is InChI=1S/C12H19N3O3S/c1-9(11(16)17)4-3-5-13-12(18)15(2)6-10-7-19-8-14-10/h7-9H,3-6H2,1-2H3,(H,13,18)(H,16,17). The smallest absolute Gasteiger partial charge is 0.317 e. The monoisotopic (exact) mass is 285 g/mol. The molecular weight excluding hydrogens is 266 g/mol. The zero-order chi connectivity index (χ0) is 14.3. The summed E-state index contributed by atoms with van der Waals surface area (Å²) in [7, 11) is 1.70. The minimum absolute atomic E-state index is 0.170. The Bertz CT molecular complexity index is 408. The van der Waals surface area contributed by atoms with Gasteiger partial charge in [0, 0.05) is 19.0 Å². The van der Waals surface area contributed by atoms with E-state index in [0.29, 0.717) is 25.9 Å². The number of thiazole rings is 1. The molecule has 2 N–H and O–H groups in total. The minimum Gasteiger partial charge on any atom is -0.481 e. The number of carboxylic acid groups (broad SMARTS) is 1. The fraction of sp³-hybridized carbons (Fsp3) is 0.583. The van der Waals surface area contributed by atoms with E-state index in [-0.39, 0.29) is 11.9 Å². The average molecular weight is 285 g/mol. The van der Waals surface area contributed by atoms with E-state index < -0.39 is 5.97 Å². The third kappa shape index (κ3) is 5.69. The van der Waals surface area contributed by atoms with Crippen molar-refractivity contribution in [3.8, 4) is 0 Å². The first-order valence-corrected chi connectivity index (χ1v) is 7.03. The number of carbonyl (C=O) groups is 2. The van der Waals surface area contributed by atoms with Gasteiger partial charge in [0.1, 0.15) is 0 Å². The zero-order valence-corrected chi connectivity index (χ0v) is 11.9. The van der Waals surface area contributed by atoms with Gasteiger partial charge in [-0.3, -0.25) is 4.79 Å². The van der Waals surface area contributed by atoms with Crippen molar-refractivity contribution < 1.29 is 14.7 Å². The quantitative estimate of drug-likeness (QED) is 0.748. The van der Waals surface area contributed by atoms with Crippen molar-refractivity contribution in [2.24, 2.45) is 5.92 Å². The molecule has 1 heterocycles. The van der Waals surface area contributed by atoms with E-state index in [1.807, 2.05) is 5.38 Å². The molecule has 0 spiro atoms. The van der Waals surface area contributed by atoms with Crippen LogP contribution in [0.4, 0.5) is 4.79 Å². The summed E-state index contributed by atoms with van der Waals surface area (Å²) >= 11 is 1.50. The number of rotatable bonds is 7. The van der Waals surface area contributed by atoms with Crippen molar-refractivity contribution in [3.63, 3.8) is 0 Å². The highest BCUT2D eigenvalue weighted by Crippen LogP contribution is 2.05. The predicted molar refractivity (Wildman–Crippen MR) is 73.0 cm³/mol. The third-order valence-corrected chi connectivity index (χ3v) is 3.38. The molecule has 0 aliphatic rings. The fourth-order valence-corrected chi connectivity index (χ4v) is 2.04. The lowest BCUT2D eigenvalue weighted by molar-refractivity contribution is -0.141. The van der Waals surface area contributed by atoms with Crippen molar-refractivity contribution in [1.82, 2.24) is 15.2 Å². The first-order valence-electron chi connectivity index (χ1n) is 6.09. The maximum Gasteiger partial charge on any atom is 0.317 e. The second kappa shape index (κ2) is 7.73. The van der Waals surface area contributed by atoms with Gasteiger partial charge in [0.05, 0.1) is 23.7 Å². The van der Waals surface area contributed by atoms with Crippen molar-refractivity contribution in [1.29, 1.82) is 0 Å². The summed E-state index contributed by atoms with van der Waals surface area (Å²) < 4.78 is 0. The Balaban J connectivity index is 2.18. The molecule has 19 heavy (non-hydrogen) atoms. The van der Waals surface area contributed by atoms with Crippen LogP contribution in [0, 0.1) is 5.92 Å². The molecule has 0 bridgehead atoms. The van der Waals surface area contributed by atoms with Crippen molar-refractivity contribution >= 4 is 23.3 Å². The Morgan fingerprint density at radius 1 is 1.58 bits per heavy atom. The van der Waals surface area contributed by atoms with Crippen LogP contribution in [0.5, 0.6) is 0 Å². The van der Waals surface area contributed by atoms with E-state index in [0.717, 1.165) is 5.69 Å². The molecular formula is C12H19N3O3S. The van der Waals surface area contributed by atoms with Gasteiger partial charge >= 0.3 is 12.0 Å². The first-order chi connectivity index (χ1) is 9.00. The number of hydrogen-bond donors (Lipinski definition) is 2. The Kier molecular flexibility index (Phi) is 6.27. The van der Waals surface area contributed by atoms with E-state index in [1.165, 1.54) is 11.3 Å². The van der Waals surface area contributed by atoms with Crippen LogP contribution in [0.15, 0.2) is 10.9 Å². The summed E-state index contributed by atoms with van der Waals surface area (Å²) in [6.07, 6.45) is 1.22. The maximum atomic E-state index is 11.7. The molecule has 1 atom stereocenters. The summed E-state index contributed by atoms with van der Waals surface area (Å²) in [5.41, 5.74) is 2.59. The molecule has 6 nitrogen and oxygen atoms in total. The van der Waals surface area contributed by atoms with Gasteiger partial charge in [0.2, 0.25) is 0 Å². The Labute approximate surface area is 116 Å². The van der Waals surface area contributed by atoms with E-state index in [9.17, 15) is 9.59 Å². The highest BCUT2D eigenvalue weighted by molar-refractivity contribution is 7.07. The van der Waals surface area contributed by atoms with Gasteiger partial charge in [-0.2, -0.15) is 0 Å². The van der Waals surface area contributed by atoms with Crippen LogP contribution in [0.2, 0.25) is 0 Å². The lowest BCUT2D eigenvalue weighted by Gasteiger charge is -2.17. The van der Waals surface area contributed by atoms with Gasteiger partial charge in [-0.05, 0) is 12.8 Å². The van der Waals surface area contributed by atoms with E-state index in [1.54, 1.807) is 24.4 Å². The van der Waals surface area contributed by atoms with E-state index in [2.05, 4.69) is 10.3 Å². The number of aliphatic carboxylic acids is 1. The number of carbonyl (C=O) groups excluding carboxylic acids is 1. The van der Waals surface area contributed by atoms with E-state index in [4.69, 9.17) is 5.11 Å². The molecule has 1 rings (SSSR count). The summed E-state index contributed by atoms with van der Waals surface area (Å²) in [5.74, 6) is -1.17. The predicted octanol–water partition coefficient (Wildman–Crippen LogP) is 1.79. The molecule has 1 aromatic rings. The first kappa shape index (κ1) is 15.4. The van der Waals surface area contributed by atoms with Crippen LogP contribution in [-0.2, 0) is 11.3 Å². The minimum atomic E-state index is -0.799. The Hall–Kier alpha value is -1.63. The van der Waals surface area contributed by atoms with Gasteiger partial charge in [-0.1, -0.05) is 6.92 Å². The molecule has 2 amide bonds. The van der Waals surface area contributed by atoms with Crippen LogP contribution in [-0.4, -0.2) is 40.6 Å².